The summed E-state index contributed by atoms with van der Waals surface area (Å²) in [4.78, 5) is 24.1. The van der Waals surface area contributed by atoms with Gasteiger partial charge in [0.05, 0.1) is 18.5 Å². The van der Waals surface area contributed by atoms with Crippen LogP contribution in [-0.4, -0.2) is 37.3 Å². The summed E-state index contributed by atoms with van der Waals surface area (Å²) >= 11 is 1.40. The average Bonchev–Trinajstić information content (AvgIpc) is 3.14. The van der Waals surface area contributed by atoms with Gasteiger partial charge in [0.15, 0.2) is 0 Å². The van der Waals surface area contributed by atoms with E-state index in [1.54, 1.807) is 24.7 Å². The normalized spacial score (nSPS) is 10.4. The van der Waals surface area contributed by atoms with E-state index < -0.39 is 5.91 Å². The van der Waals surface area contributed by atoms with Gasteiger partial charge in [-0.2, -0.15) is 0 Å². The number of rotatable bonds is 7. The highest BCUT2D eigenvalue weighted by atomic mass is 32.1. The number of hydroxylamine groups is 1. The first-order chi connectivity index (χ1) is 13.1. The van der Waals surface area contributed by atoms with Crippen molar-refractivity contribution < 1.29 is 24.3 Å². The molecule has 8 heteroatoms. The van der Waals surface area contributed by atoms with Gasteiger partial charge in [0, 0.05) is 10.3 Å². The zero-order valence-electron chi connectivity index (χ0n) is 14.5. The molecule has 0 radical (unpaired) electrons. The molecule has 1 heterocycles. The Kier molecular flexibility index (Phi) is 5.90. The Morgan fingerprint density at radius 3 is 2.48 bits per heavy atom. The van der Waals surface area contributed by atoms with Gasteiger partial charge >= 0.3 is 0 Å². The predicted molar refractivity (Wildman–Crippen MR) is 102 cm³/mol. The number of ether oxygens (including phenoxy) is 2. The first-order valence-electron chi connectivity index (χ1n) is 8.14. The maximum Gasteiger partial charge on any atom is 0.274 e. The van der Waals surface area contributed by atoms with Crippen LogP contribution in [0.15, 0.2) is 48.5 Å². The molecule has 0 unspecified atom stereocenters. The number of thiophene rings is 1. The molecule has 0 atom stereocenters. The second kappa shape index (κ2) is 8.52. The van der Waals surface area contributed by atoms with Crippen molar-refractivity contribution in [2.24, 2.45) is 0 Å². The molecule has 0 aliphatic rings. The molecular weight excluding hydrogens is 368 g/mol. The topological polar surface area (TPSA) is 96.9 Å². The molecule has 3 rings (SSSR count). The summed E-state index contributed by atoms with van der Waals surface area (Å²) < 4.78 is 11.7. The standard InChI is InChI=1S/C19H18N2O5S/c1-25-15-7-4-13-10-17(27-16(13)11-15)19(23)20-8-9-26-14-5-2-12(3-6-14)18(22)21-24/h2-7,10-11,24H,8-9H2,1H3,(H,20,23)(H,21,22). The summed E-state index contributed by atoms with van der Waals surface area (Å²) in [5.74, 6) is 0.573. The largest absolute Gasteiger partial charge is 0.497 e. The lowest BCUT2D eigenvalue weighted by Gasteiger charge is -2.07. The van der Waals surface area contributed by atoms with Crippen molar-refractivity contribution in [1.82, 2.24) is 10.8 Å². The van der Waals surface area contributed by atoms with Crippen molar-refractivity contribution >= 4 is 33.2 Å². The molecule has 2 aromatic carbocycles. The molecule has 0 saturated heterocycles. The fourth-order valence-corrected chi connectivity index (χ4v) is 3.45. The van der Waals surface area contributed by atoms with Gasteiger partial charge in [-0.05, 0) is 53.9 Å². The minimum absolute atomic E-state index is 0.159. The number of nitrogens with one attached hydrogen (secondary N) is 2. The zero-order valence-corrected chi connectivity index (χ0v) is 15.3. The quantitative estimate of drug-likeness (QED) is 0.330. The van der Waals surface area contributed by atoms with Crippen molar-refractivity contribution in [2.45, 2.75) is 0 Å². The third-order valence-electron chi connectivity index (χ3n) is 3.83. The van der Waals surface area contributed by atoms with Gasteiger partial charge < -0.3 is 14.8 Å². The number of carbonyl (C=O) groups excluding carboxylic acids is 2. The summed E-state index contributed by atoms with van der Waals surface area (Å²) in [6.45, 7) is 0.630. The molecule has 0 fully saturated rings. The van der Waals surface area contributed by atoms with E-state index in [-0.39, 0.29) is 12.5 Å². The zero-order chi connectivity index (χ0) is 19.2. The van der Waals surface area contributed by atoms with E-state index in [1.807, 2.05) is 24.3 Å². The molecule has 0 spiro atoms. The Hall–Kier alpha value is -3.10. The molecule has 0 saturated carbocycles. The number of hydrogen-bond acceptors (Lipinski definition) is 6. The van der Waals surface area contributed by atoms with E-state index >= 15 is 0 Å². The number of benzene rings is 2. The fourth-order valence-electron chi connectivity index (χ4n) is 2.44. The minimum atomic E-state index is -0.588. The predicted octanol–water partition coefficient (Wildman–Crippen LogP) is 2.84. The second-order valence-corrected chi connectivity index (χ2v) is 6.67. The number of methoxy groups -OCH3 is 1. The highest BCUT2D eigenvalue weighted by Crippen LogP contribution is 2.29. The van der Waals surface area contributed by atoms with Crippen molar-refractivity contribution in [3.05, 3.63) is 59.0 Å². The molecule has 27 heavy (non-hydrogen) atoms. The molecule has 2 amide bonds. The Balaban J connectivity index is 1.50. The van der Waals surface area contributed by atoms with Crippen molar-refractivity contribution in [3.8, 4) is 11.5 Å². The van der Waals surface area contributed by atoms with E-state index in [0.717, 1.165) is 15.8 Å². The highest BCUT2D eigenvalue weighted by Gasteiger charge is 2.10. The van der Waals surface area contributed by atoms with Crippen LogP contribution in [0.5, 0.6) is 11.5 Å². The van der Waals surface area contributed by atoms with Gasteiger partial charge in [0.25, 0.3) is 11.8 Å². The Morgan fingerprint density at radius 2 is 1.78 bits per heavy atom. The van der Waals surface area contributed by atoms with Crippen molar-refractivity contribution in [2.75, 3.05) is 20.3 Å². The Morgan fingerprint density at radius 1 is 1.04 bits per heavy atom. The molecule has 0 aliphatic carbocycles. The maximum absolute atomic E-state index is 12.3. The number of fused-ring (bicyclic) bond motifs is 1. The van der Waals surface area contributed by atoms with Crippen LogP contribution in [-0.2, 0) is 0 Å². The van der Waals surface area contributed by atoms with E-state index in [4.69, 9.17) is 14.7 Å². The molecular formula is C19H18N2O5S. The van der Waals surface area contributed by atoms with E-state index in [9.17, 15) is 9.59 Å². The van der Waals surface area contributed by atoms with Crippen molar-refractivity contribution in [1.29, 1.82) is 0 Å². The SMILES string of the molecule is COc1ccc2cc(C(=O)NCCOc3ccc(C(=O)NO)cc3)sc2c1. The number of hydrogen-bond donors (Lipinski definition) is 3. The summed E-state index contributed by atoms with van der Waals surface area (Å²) in [5, 5.41) is 12.4. The van der Waals surface area contributed by atoms with Crippen LogP contribution in [0.1, 0.15) is 20.0 Å². The lowest BCUT2D eigenvalue weighted by Crippen LogP contribution is -2.27. The summed E-state index contributed by atoms with van der Waals surface area (Å²) in [6.07, 6.45) is 0. The van der Waals surface area contributed by atoms with Crippen LogP contribution in [0.25, 0.3) is 10.1 Å². The molecule has 3 N–H and O–H groups in total. The molecule has 3 aromatic rings. The molecule has 140 valence electrons. The second-order valence-electron chi connectivity index (χ2n) is 5.58. The van der Waals surface area contributed by atoms with Gasteiger partial charge in [0.2, 0.25) is 0 Å². The summed E-state index contributed by atoms with van der Waals surface area (Å²) in [5.41, 5.74) is 1.88. The maximum atomic E-state index is 12.3. The molecule has 1 aromatic heterocycles. The van der Waals surface area contributed by atoms with E-state index in [2.05, 4.69) is 5.32 Å². The third-order valence-corrected chi connectivity index (χ3v) is 4.92. The van der Waals surface area contributed by atoms with Crippen LogP contribution >= 0.6 is 11.3 Å². The Labute approximate surface area is 159 Å². The van der Waals surface area contributed by atoms with E-state index in [0.29, 0.717) is 22.7 Å². The fraction of sp³-hybridized carbons (Fsp3) is 0.158. The molecule has 0 aliphatic heterocycles. The van der Waals surface area contributed by atoms with Gasteiger partial charge in [-0.25, -0.2) is 5.48 Å². The summed E-state index contributed by atoms with van der Waals surface area (Å²) in [6, 6.07) is 13.8. The van der Waals surface area contributed by atoms with Crippen LogP contribution < -0.4 is 20.3 Å². The van der Waals surface area contributed by atoms with Gasteiger partial charge in [-0.1, -0.05) is 0 Å². The van der Waals surface area contributed by atoms with Gasteiger partial charge in [-0.15, -0.1) is 11.3 Å². The highest BCUT2D eigenvalue weighted by molar-refractivity contribution is 7.20. The Bertz CT molecular complexity index is 952. The van der Waals surface area contributed by atoms with E-state index in [1.165, 1.54) is 23.5 Å². The van der Waals surface area contributed by atoms with Gasteiger partial charge in [-0.3, -0.25) is 14.8 Å². The minimum Gasteiger partial charge on any atom is -0.497 e. The first kappa shape index (κ1) is 18.7. The first-order valence-corrected chi connectivity index (χ1v) is 8.95. The lowest BCUT2D eigenvalue weighted by atomic mass is 10.2. The smallest absolute Gasteiger partial charge is 0.274 e. The molecule has 7 nitrogen and oxygen atoms in total. The third kappa shape index (κ3) is 4.55. The van der Waals surface area contributed by atoms with Gasteiger partial charge in [0.1, 0.15) is 18.1 Å². The lowest BCUT2D eigenvalue weighted by molar-refractivity contribution is 0.0706. The molecule has 0 bridgehead atoms. The summed E-state index contributed by atoms with van der Waals surface area (Å²) in [7, 11) is 1.61. The number of carbonyl (C=O) groups is 2. The average molecular weight is 386 g/mol. The van der Waals surface area contributed by atoms with Crippen LogP contribution in [0.3, 0.4) is 0 Å². The van der Waals surface area contributed by atoms with Crippen LogP contribution in [0.2, 0.25) is 0 Å². The monoisotopic (exact) mass is 386 g/mol. The van der Waals surface area contributed by atoms with Crippen molar-refractivity contribution in [3.63, 3.8) is 0 Å². The number of amides is 2. The van der Waals surface area contributed by atoms with Crippen LogP contribution in [0, 0.1) is 0 Å². The van der Waals surface area contributed by atoms with Crippen LogP contribution in [0.4, 0.5) is 0 Å².